The van der Waals surface area contributed by atoms with E-state index in [4.69, 9.17) is 10.9 Å². The summed E-state index contributed by atoms with van der Waals surface area (Å²) < 4.78 is 12.8. The second kappa shape index (κ2) is 6.41. The topological polar surface area (TPSA) is 105 Å². The highest BCUT2D eigenvalue weighted by molar-refractivity contribution is 5.18. The van der Waals surface area contributed by atoms with Gasteiger partial charge < -0.3 is 16.0 Å². The summed E-state index contributed by atoms with van der Waals surface area (Å²) in [4.78, 5) is 3.76. The van der Waals surface area contributed by atoms with Gasteiger partial charge in [0.1, 0.15) is 11.9 Å². The van der Waals surface area contributed by atoms with Crippen LogP contribution < -0.4 is 11.6 Å². The van der Waals surface area contributed by atoms with E-state index in [9.17, 15) is 9.50 Å². The van der Waals surface area contributed by atoms with E-state index < -0.39 is 12.1 Å². The van der Waals surface area contributed by atoms with Crippen molar-refractivity contribution >= 4 is 0 Å². The van der Waals surface area contributed by atoms with E-state index in [-0.39, 0.29) is 5.82 Å². The smallest absolute Gasteiger partial charge is 0.144 e. The summed E-state index contributed by atoms with van der Waals surface area (Å²) in [7, 11) is 0. The molecule has 0 aromatic carbocycles. The molecule has 1 heterocycles. The molecule has 0 radical (unpaired) electrons. The Labute approximate surface area is 87.5 Å². The summed E-state index contributed by atoms with van der Waals surface area (Å²) in [6, 6.07) is 1.10. The molecule has 6 heteroatoms. The number of hydrogen-bond acceptors (Lipinski definition) is 5. The Kier molecular flexibility index (Phi) is 5.95. The van der Waals surface area contributed by atoms with Crippen LogP contribution in [0.4, 0.5) is 4.39 Å². The van der Waals surface area contributed by atoms with Crippen molar-refractivity contribution in [3.05, 3.63) is 29.3 Å². The molecule has 86 valence electrons. The number of nitrogens with two attached hydrogens (primary N) is 2. The number of hydrogen-bond donors (Lipinski definition) is 4. The number of aryl methyl sites for hydroxylation is 1. The van der Waals surface area contributed by atoms with E-state index >= 15 is 0 Å². The SMILES string of the molecule is Cc1cc([C@H](O)[C@H](C)N)ncc1F.NO. The average molecular weight is 217 g/mol. The molecule has 0 bridgehead atoms. The van der Waals surface area contributed by atoms with Gasteiger partial charge in [-0.1, -0.05) is 0 Å². The van der Waals surface area contributed by atoms with Gasteiger partial charge in [0.05, 0.1) is 11.9 Å². The van der Waals surface area contributed by atoms with Crippen molar-refractivity contribution in [2.45, 2.75) is 26.0 Å². The molecule has 1 aromatic heterocycles. The quantitative estimate of drug-likeness (QED) is 0.531. The van der Waals surface area contributed by atoms with E-state index in [1.165, 1.54) is 6.07 Å². The molecule has 1 rings (SSSR count). The van der Waals surface area contributed by atoms with Gasteiger partial charge >= 0.3 is 0 Å². The minimum absolute atomic E-state index is 0.374. The highest BCUT2D eigenvalue weighted by atomic mass is 19.1. The van der Waals surface area contributed by atoms with Crippen LogP contribution in [0.2, 0.25) is 0 Å². The maximum Gasteiger partial charge on any atom is 0.144 e. The summed E-state index contributed by atoms with van der Waals surface area (Å²) >= 11 is 0. The summed E-state index contributed by atoms with van der Waals surface area (Å²) in [5, 5.41) is 16.0. The standard InChI is InChI=1S/C9H13FN2O.H3NO/c1-5-3-8(9(13)6(2)11)12-4-7(5)10;1-2/h3-4,6,9,13H,11H2,1-2H3;2H,1H2/t6-,9+;/m0./s1. The molecule has 0 aliphatic carbocycles. The third kappa shape index (κ3) is 3.88. The van der Waals surface area contributed by atoms with E-state index in [0.29, 0.717) is 11.3 Å². The second-order valence-electron chi connectivity index (χ2n) is 3.16. The van der Waals surface area contributed by atoms with Gasteiger partial charge in [-0.05, 0) is 25.5 Å². The lowest BCUT2D eigenvalue weighted by Gasteiger charge is -2.13. The number of halogens is 1. The zero-order valence-corrected chi connectivity index (χ0v) is 8.68. The summed E-state index contributed by atoms with van der Waals surface area (Å²) in [5.41, 5.74) is 6.35. The molecule has 0 unspecified atom stereocenters. The maximum atomic E-state index is 12.8. The van der Waals surface area contributed by atoms with Crippen LogP contribution in [0.25, 0.3) is 0 Å². The molecule has 0 amide bonds. The van der Waals surface area contributed by atoms with Gasteiger partial charge in [0.25, 0.3) is 0 Å². The predicted molar refractivity (Wildman–Crippen MR) is 53.5 cm³/mol. The van der Waals surface area contributed by atoms with Gasteiger partial charge in [0.15, 0.2) is 0 Å². The van der Waals surface area contributed by atoms with Gasteiger partial charge in [0.2, 0.25) is 0 Å². The zero-order chi connectivity index (χ0) is 12.0. The molecule has 6 N–H and O–H groups in total. The van der Waals surface area contributed by atoms with Gasteiger partial charge in [-0.3, -0.25) is 4.98 Å². The molecular formula is C9H16FN3O2. The summed E-state index contributed by atoms with van der Waals surface area (Å²) in [6.45, 7) is 3.29. The molecule has 5 nitrogen and oxygen atoms in total. The maximum absolute atomic E-state index is 12.8. The van der Waals surface area contributed by atoms with E-state index in [1.54, 1.807) is 13.8 Å². The normalized spacial score (nSPS) is 13.8. The molecule has 0 saturated carbocycles. The van der Waals surface area contributed by atoms with Crippen molar-refractivity contribution in [1.29, 1.82) is 0 Å². The van der Waals surface area contributed by atoms with E-state index in [2.05, 4.69) is 10.9 Å². The Morgan fingerprint density at radius 3 is 2.40 bits per heavy atom. The lowest BCUT2D eigenvalue weighted by atomic mass is 10.1. The van der Waals surface area contributed by atoms with Crippen LogP contribution in [0.3, 0.4) is 0 Å². The summed E-state index contributed by atoms with van der Waals surface area (Å²) in [6.07, 6.45) is 0.260. The number of aliphatic hydroxyl groups excluding tert-OH is 1. The Hall–Kier alpha value is -1.08. The van der Waals surface area contributed by atoms with Crippen LogP contribution in [-0.4, -0.2) is 21.3 Å². The highest BCUT2D eigenvalue weighted by Gasteiger charge is 2.14. The Morgan fingerprint density at radius 1 is 1.47 bits per heavy atom. The third-order valence-electron chi connectivity index (χ3n) is 1.87. The molecule has 0 saturated heterocycles. The van der Waals surface area contributed by atoms with Crippen molar-refractivity contribution in [2.24, 2.45) is 11.6 Å². The first-order valence-corrected chi connectivity index (χ1v) is 4.34. The van der Waals surface area contributed by atoms with Crippen molar-refractivity contribution in [1.82, 2.24) is 4.98 Å². The molecule has 2 atom stereocenters. The fourth-order valence-corrected chi connectivity index (χ4v) is 0.992. The largest absolute Gasteiger partial charge is 0.385 e. The van der Waals surface area contributed by atoms with Crippen molar-refractivity contribution in [2.75, 3.05) is 0 Å². The van der Waals surface area contributed by atoms with Crippen molar-refractivity contribution in [3.8, 4) is 0 Å². The monoisotopic (exact) mass is 217 g/mol. The van der Waals surface area contributed by atoms with Crippen LogP contribution in [0.5, 0.6) is 0 Å². The van der Waals surface area contributed by atoms with Gasteiger partial charge in [-0.15, -0.1) is 0 Å². The fourth-order valence-electron chi connectivity index (χ4n) is 0.992. The number of aromatic nitrogens is 1. The first-order valence-electron chi connectivity index (χ1n) is 4.34. The zero-order valence-electron chi connectivity index (χ0n) is 8.68. The summed E-state index contributed by atoms with van der Waals surface area (Å²) in [5.74, 6) is 3.13. The number of aliphatic hydroxyl groups is 1. The van der Waals surface area contributed by atoms with Crippen LogP contribution in [0.1, 0.15) is 24.3 Å². The van der Waals surface area contributed by atoms with Crippen molar-refractivity contribution in [3.63, 3.8) is 0 Å². The van der Waals surface area contributed by atoms with Gasteiger partial charge in [-0.25, -0.2) is 10.3 Å². The Bertz CT molecular complexity index is 307. The average Bonchev–Trinajstić information content (AvgIpc) is 2.24. The Balaban J connectivity index is 0.000000921. The minimum atomic E-state index is -0.834. The lowest BCUT2D eigenvalue weighted by Crippen LogP contribution is -2.25. The van der Waals surface area contributed by atoms with E-state index in [0.717, 1.165) is 6.20 Å². The highest BCUT2D eigenvalue weighted by Crippen LogP contribution is 2.15. The molecule has 0 fully saturated rings. The van der Waals surface area contributed by atoms with E-state index in [1.807, 2.05) is 0 Å². The number of pyridine rings is 1. The first kappa shape index (κ1) is 13.9. The lowest BCUT2D eigenvalue weighted by molar-refractivity contribution is 0.148. The third-order valence-corrected chi connectivity index (χ3v) is 1.87. The molecule has 0 spiro atoms. The fraction of sp³-hybridized carbons (Fsp3) is 0.444. The second-order valence-corrected chi connectivity index (χ2v) is 3.16. The molecular weight excluding hydrogens is 201 g/mol. The first-order chi connectivity index (χ1) is 7.02. The molecule has 15 heavy (non-hydrogen) atoms. The van der Waals surface area contributed by atoms with Crippen LogP contribution >= 0.6 is 0 Å². The number of nitrogens with zero attached hydrogens (tertiary/aromatic N) is 1. The minimum Gasteiger partial charge on any atom is -0.385 e. The molecule has 0 aliphatic heterocycles. The molecule has 0 aliphatic rings. The van der Waals surface area contributed by atoms with Gasteiger partial charge in [0, 0.05) is 6.04 Å². The number of rotatable bonds is 2. The van der Waals surface area contributed by atoms with Crippen LogP contribution in [0, 0.1) is 12.7 Å². The molecule has 1 aromatic rings. The predicted octanol–water partition coefficient (Wildman–Crippen LogP) is 0.244. The van der Waals surface area contributed by atoms with Crippen LogP contribution in [-0.2, 0) is 0 Å². The van der Waals surface area contributed by atoms with Crippen molar-refractivity contribution < 1.29 is 14.7 Å². The Morgan fingerprint density at radius 2 is 2.00 bits per heavy atom. The van der Waals surface area contributed by atoms with Gasteiger partial charge in [-0.2, -0.15) is 0 Å². The van der Waals surface area contributed by atoms with Crippen LogP contribution in [0.15, 0.2) is 12.3 Å².